The lowest BCUT2D eigenvalue weighted by molar-refractivity contribution is 0.906. The summed E-state index contributed by atoms with van der Waals surface area (Å²) >= 11 is 0. The summed E-state index contributed by atoms with van der Waals surface area (Å²) in [5, 5.41) is 0. The van der Waals surface area contributed by atoms with Crippen molar-refractivity contribution in [1.29, 1.82) is 0 Å². The Morgan fingerprint density at radius 1 is 1.55 bits per heavy atom. The fourth-order valence-corrected chi connectivity index (χ4v) is 0.939. The van der Waals surface area contributed by atoms with Crippen molar-refractivity contribution >= 4 is 0 Å². The zero-order valence-corrected chi connectivity index (χ0v) is 6.88. The van der Waals surface area contributed by atoms with E-state index in [1.165, 1.54) is 0 Å². The minimum Gasteiger partial charge on any atom is -0.349 e. The first-order chi connectivity index (χ1) is 5.43. The van der Waals surface area contributed by atoms with Crippen molar-refractivity contribution < 1.29 is 0 Å². The molecule has 1 aromatic heterocycles. The van der Waals surface area contributed by atoms with E-state index in [1.807, 2.05) is 6.20 Å². The highest BCUT2D eigenvalue weighted by atomic mass is 14.9. The topological polar surface area (TPSA) is 28.7 Å². The number of H-pyrrole nitrogens is 1. The fraction of sp³-hybridized carbons (Fsp3) is 0.444. The SMILES string of the molecule is CC/C=C/CCc1ncc[nH]1. The Hall–Kier alpha value is -1.05. The summed E-state index contributed by atoms with van der Waals surface area (Å²) in [4.78, 5) is 7.19. The van der Waals surface area contributed by atoms with Crippen molar-refractivity contribution in [2.75, 3.05) is 0 Å². The monoisotopic (exact) mass is 150 g/mol. The molecular formula is C9H14N2. The van der Waals surface area contributed by atoms with Crippen molar-refractivity contribution in [3.8, 4) is 0 Å². The van der Waals surface area contributed by atoms with E-state index in [4.69, 9.17) is 0 Å². The summed E-state index contributed by atoms with van der Waals surface area (Å²) < 4.78 is 0. The normalized spacial score (nSPS) is 11.0. The molecule has 0 amide bonds. The number of imidazole rings is 1. The number of aryl methyl sites for hydroxylation is 1. The second-order valence-corrected chi connectivity index (χ2v) is 2.45. The average Bonchev–Trinajstić information content (AvgIpc) is 2.50. The summed E-state index contributed by atoms with van der Waals surface area (Å²) in [6.07, 6.45) is 11.3. The Morgan fingerprint density at radius 2 is 2.45 bits per heavy atom. The van der Waals surface area contributed by atoms with Crippen LogP contribution in [0.5, 0.6) is 0 Å². The predicted octanol–water partition coefficient (Wildman–Crippen LogP) is 2.31. The van der Waals surface area contributed by atoms with Gasteiger partial charge < -0.3 is 4.98 Å². The Balaban J connectivity index is 2.19. The molecule has 0 radical (unpaired) electrons. The summed E-state index contributed by atoms with van der Waals surface area (Å²) in [5.74, 6) is 1.07. The largest absolute Gasteiger partial charge is 0.349 e. The minimum absolute atomic E-state index is 1.02. The van der Waals surface area contributed by atoms with Gasteiger partial charge in [0.1, 0.15) is 5.82 Å². The maximum absolute atomic E-state index is 4.12. The highest BCUT2D eigenvalue weighted by molar-refractivity contribution is 4.90. The van der Waals surface area contributed by atoms with Gasteiger partial charge in [0.25, 0.3) is 0 Å². The van der Waals surface area contributed by atoms with Crippen LogP contribution in [0.4, 0.5) is 0 Å². The third kappa shape index (κ3) is 3.03. The molecule has 0 unspecified atom stereocenters. The highest BCUT2D eigenvalue weighted by Crippen LogP contribution is 1.95. The van der Waals surface area contributed by atoms with Crippen LogP contribution in [0.3, 0.4) is 0 Å². The summed E-state index contributed by atoms with van der Waals surface area (Å²) in [6, 6.07) is 0. The molecular weight excluding hydrogens is 136 g/mol. The van der Waals surface area contributed by atoms with Crippen molar-refractivity contribution in [3.63, 3.8) is 0 Å². The first-order valence-electron chi connectivity index (χ1n) is 4.06. The maximum Gasteiger partial charge on any atom is 0.106 e. The van der Waals surface area contributed by atoms with E-state index in [0.29, 0.717) is 0 Å². The van der Waals surface area contributed by atoms with E-state index in [2.05, 4.69) is 29.0 Å². The lowest BCUT2D eigenvalue weighted by Crippen LogP contribution is -1.84. The molecule has 2 heteroatoms. The molecule has 0 aliphatic rings. The molecule has 60 valence electrons. The second-order valence-electron chi connectivity index (χ2n) is 2.45. The van der Waals surface area contributed by atoms with Crippen molar-refractivity contribution in [2.45, 2.75) is 26.2 Å². The van der Waals surface area contributed by atoms with Crippen LogP contribution in [0, 0.1) is 0 Å². The van der Waals surface area contributed by atoms with E-state index in [-0.39, 0.29) is 0 Å². The predicted molar refractivity (Wildman–Crippen MR) is 46.3 cm³/mol. The van der Waals surface area contributed by atoms with Crippen LogP contribution in [0.25, 0.3) is 0 Å². The number of aromatic amines is 1. The summed E-state index contributed by atoms with van der Waals surface area (Å²) in [6.45, 7) is 2.14. The molecule has 0 bridgehead atoms. The molecule has 0 fully saturated rings. The standard InChI is InChI=1S/C9H14N2/c1-2-3-4-5-6-9-10-7-8-11-9/h3-4,7-8H,2,5-6H2,1H3,(H,10,11)/b4-3+. The first kappa shape index (κ1) is 8.05. The molecule has 1 aromatic rings. The molecule has 0 spiro atoms. The van der Waals surface area contributed by atoms with E-state index in [0.717, 1.165) is 25.1 Å². The highest BCUT2D eigenvalue weighted by Gasteiger charge is 1.89. The van der Waals surface area contributed by atoms with Gasteiger partial charge in [-0.05, 0) is 12.8 Å². The molecule has 1 heterocycles. The van der Waals surface area contributed by atoms with Gasteiger partial charge in [0.15, 0.2) is 0 Å². The molecule has 0 aromatic carbocycles. The van der Waals surface area contributed by atoms with Crippen molar-refractivity contribution in [3.05, 3.63) is 30.4 Å². The summed E-state index contributed by atoms with van der Waals surface area (Å²) in [5.41, 5.74) is 0. The minimum atomic E-state index is 1.02. The lowest BCUT2D eigenvalue weighted by atomic mass is 10.2. The van der Waals surface area contributed by atoms with Gasteiger partial charge in [-0.3, -0.25) is 0 Å². The van der Waals surface area contributed by atoms with Crippen LogP contribution in [0.2, 0.25) is 0 Å². The molecule has 0 saturated carbocycles. The molecule has 0 aliphatic heterocycles. The van der Waals surface area contributed by atoms with E-state index >= 15 is 0 Å². The molecule has 0 aliphatic carbocycles. The van der Waals surface area contributed by atoms with Crippen LogP contribution in [-0.2, 0) is 6.42 Å². The van der Waals surface area contributed by atoms with Crippen LogP contribution in [0.1, 0.15) is 25.6 Å². The number of nitrogens with zero attached hydrogens (tertiary/aromatic N) is 1. The molecule has 0 atom stereocenters. The van der Waals surface area contributed by atoms with Gasteiger partial charge >= 0.3 is 0 Å². The number of hydrogen-bond acceptors (Lipinski definition) is 1. The molecule has 1 N–H and O–H groups in total. The van der Waals surface area contributed by atoms with E-state index in [9.17, 15) is 0 Å². The number of rotatable bonds is 4. The number of hydrogen-bond donors (Lipinski definition) is 1. The van der Waals surface area contributed by atoms with Crippen molar-refractivity contribution in [2.24, 2.45) is 0 Å². The Labute approximate surface area is 67.4 Å². The third-order valence-corrected chi connectivity index (χ3v) is 1.51. The molecule has 0 saturated heterocycles. The maximum atomic E-state index is 4.12. The molecule has 11 heavy (non-hydrogen) atoms. The van der Waals surface area contributed by atoms with Crippen molar-refractivity contribution in [1.82, 2.24) is 9.97 Å². The van der Waals surface area contributed by atoms with Crippen LogP contribution in [0.15, 0.2) is 24.5 Å². The third-order valence-electron chi connectivity index (χ3n) is 1.51. The van der Waals surface area contributed by atoms with Crippen LogP contribution in [-0.4, -0.2) is 9.97 Å². The first-order valence-corrected chi connectivity index (χ1v) is 4.06. The fourth-order valence-electron chi connectivity index (χ4n) is 0.939. The van der Waals surface area contributed by atoms with Gasteiger partial charge in [-0.1, -0.05) is 19.1 Å². The Bertz CT molecular complexity index is 199. The van der Waals surface area contributed by atoms with Gasteiger partial charge in [-0.2, -0.15) is 0 Å². The van der Waals surface area contributed by atoms with Gasteiger partial charge in [0, 0.05) is 18.8 Å². The van der Waals surface area contributed by atoms with Gasteiger partial charge in [0.05, 0.1) is 0 Å². The van der Waals surface area contributed by atoms with Gasteiger partial charge in [-0.15, -0.1) is 0 Å². The number of aromatic nitrogens is 2. The van der Waals surface area contributed by atoms with E-state index in [1.54, 1.807) is 6.20 Å². The summed E-state index contributed by atoms with van der Waals surface area (Å²) in [7, 11) is 0. The average molecular weight is 150 g/mol. The zero-order chi connectivity index (χ0) is 7.94. The molecule has 1 rings (SSSR count). The van der Waals surface area contributed by atoms with Gasteiger partial charge in [0.2, 0.25) is 0 Å². The van der Waals surface area contributed by atoms with E-state index < -0.39 is 0 Å². The number of allylic oxidation sites excluding steroid dienone is 2. The smallest absolute Gasteiger partial charge is 0.106 e. The van der Waals surface area contributed by atoms with Crippen LogP contribution >= 0.6 is 0 Å². The number of nitrogens with one attached hydrogen (secondary N) is 1. The molecule has 2 nitrogen and oxygen atoms in total. The lowest BCUT2D eigenvalue weighted by Gasteiger charge is -1.89. The second kappa shape index (κ2) is 4.72. The quantitative estimate of drug-likeness (QED) is 0.655. The van der Waals surface area contributed by atoms with Crippen LogP contribution < -0.4 is 0 Å². The van der Waals surface area contributed by atoms with Gasteiger partial charge in [-0.25, -0.2) is 4.98 Å². The Kier molecular flexibility index (Phi) is 3.45. The zero-order valence-electron chi connectivity index (χ0n) is 6.88. The Morgan fingerprint density at radius 3 is 3.09 bits per heavy atom.